The van der Waals surface area contributed by atoms with Crippen molar-refractivity contribution in [1.29, 1.82) is 0 Å². The number of aryl methyl sites for hydroxylation is 1. The van der Waals surface area contributed by atoms with Gasteiger partial charge in [0.1, 0.15) is 0 Å². The molecule has 0 bridgehead atoms. The number of ether oxygens (including phenoxy) is 1. The number of nitrogens with one attached hydrogen (secondary N) is 1. The molecule has 2 aromatic carbocycles. The molecule has 1 aromatic heterocycles. The Balaban J connectivity index is 1.59. The molecule has 1 heterocycles. The van der Waals surface area contributed by atoms with Crippen molar-refractivity contribution in [2.75, 3.05) is 0 Å². The Bertz CT molecular complexity index is 933. The van der Waals surface area contributed by atoms with Crippen molar-refractivity contribution in [3.05, 3.63) is 77.8 Å². The lowest BCUT2D eigenvalue weighted by Gasteiger charge is -2.17. The monoisotopic (exact) mass is 378 g/mol. The molecule has 1 N–H and O–H groups in total. The molecule has 1 unspecified atom stereocenters. The van der Waals surface area contributed by atoms with Gasteiger partial charge in [-0.05, 0) is 12.5 Å². The van der Waals surface area contributed by atoms with Crippen molar-refractivity contribution in [3.8, 4) is 11.3 Å². The number of carbonyl (C=O) groups excluding carboxylic acids is 2. The molecule has 3 aromatic rings. The lowest BCUT2D eigenvalue weighted by molar-refractivity contribution is -0.146. The van der Waals surface area contributed by atoms with Gasteiger partial charge in [-0.15, -0.1) is 0 Å². The van der Waals surface area contributed by atoms with Crippen LogP contribution in [-0.4, -0.2) is 16.9 Å². The molecule has 0 saturated carbocycles. The van der Waals surface area contributed by atoms with E-state index < -0.39 is 12.0 Å². The van der Waals surface area contributed by atoms with E-state index in [-0.39, 0.29) is 18.9 Å². The van der Waals surface area contributed by atoms with Crippen LogP contribution in [0.5, 0.6) is 0 Å². The van der Waals surface area contributed by atoms with Gasteiger partial charge in [0.05, 0.1) is 18.7 Å². The summed E-state index contributed by atoms with van der Waals surface area (Å²) in [6.45, 7) is 3.34. The summed E-state index contributed by atoms with van der Waals surface area (Å²) in [5.41, 5.74) is 2.85. The molecule has 0 aliphatic heterocycles. The van der Waals surface area contributed by atoms with Crippen LogP contribution in [0.3, 0.4) is 0 Å². The minimum atomic E-state index is -0.449. The van der Waals surface area contributed by atoms with Crippen molar-refractivity contribution in [1.82, 2.24) is 10.3 Å². The Labute approximate surface area is 163 Å². The molecule has 6 nitrogen and oxygen atoms in total. The predicted molar refractivity (Wildman–Crippen MR) is 104 cm³/mol. The van der Waals surface area contributed by atoms with Gasteiger partial charge in [-0.3, -0.25) is 9.59 Å². The van der Waals surface area contributed by atoms with Gasteiger partial charge in [0, 0.05) is 12.5 Å². The van der Waals surface area contributed by atoms with Crippen LogP contribution in [0.2, 0.25) is 0 Å². The lowest BCUT2D eigenvalue weighted by atomic mass is 10.0. The smallest absolute Gasteiger partial charge is 0.308 e. The van der Waals surface area contributed by atoms with Crippen LogP contribution in [0.1, 0.15) is 36.4 Å². The number of esters is 1. The summed E-state index contributed by atoms with van der Waals surface area (Å²) < 4.78 is 10.9. The fourth-order valence-corrected chi connectivity index (χ4v) is 2.78. The van der Waals surface area contributed by atoms with E-state index in [1.807, 2.05) is 61.5 Å². The predicted octanol–water partition coefficient (Wildman–Crippen LogP) is 3.96. The number of amides is 1. The quantitative estimate of drug-likeness (QED) is 0.629. The zero-order chi connectivity index (χ0) is 19.9. The van der Waals surface area contributed by atoms with Crippen molar-refractivity contribution >= 4 is 11.9 Å². The van der Waals surface area contributed by atoms with Gasteiger partial charge in [0.15, 0.2) is 12.4 Å². The second-order valence-electron chi connectivity index (χ2n) is 6.51. The Morgan fingerprint density at radius 2 is 1.82 bits per heavy atom. The van der Waals surface area contributed by atoms with Gasteiger partial charge in [-0.2, -0.15) is 0 Å². The third-order valence-electron chi connectivity index (χ3n) is 4.20. The number of benzene rings is 2. The third kappa shape index (κ3) is 5.30. The van der Waals surface area contributed by atoms with E-state index in [1.54, 1.807) is 6.20 Å². The van der Waals surface area contributed by atoms with Crippen molar-refractivity contribution in [2.45, 2.75) is 32.9 Å². The molecule has 0 aliphatic carbocycles. The molecular formula is C22H22N2O4. The van der Waals surface area contributed by atoms with Crippen molar-refractivity contribution in [3.63, 3.8) is 0 Å². The molecular weight excluding hydrogens is 356 g/mol. The van der Waals surface area contributed by atoms with E-state index >= 15 is 0 Å². The van der Waals surface area contributed by atoms with Crippen LogP contribution in [0.4, 0.5) is 0 Å². The highest BCUT2D eigenvalue weighted by molar-refractivity contribution is 5.76. The van der Waals surface area contributed by atoms with E-state index in [9.17, 15) is 9.59 Å². The first-order valence-electron chi connectivity index (χ1n) is 9.00. The zero-order valence-corrected chi connectivity index (χ0v) is 15.8. The Morgan fingerprint density at radius 3 is 2.50 bits per heavy atom. The Hall–Kier alpha value is -3.41. The number of hydrogen-bond acceptors (Lipinski definition) is 5. The molecule has 0 aliphatic rings. The molecule has 0 fully saturated rings. The van der Waals surface area contributed by atoms with Gasteiger partial charge in [-0.1, -0.05) is 60.2 Å². The van der Waals surface area contributed by atoms with E-state index in [0.717, 1.165) is 16.7 Å². The highest BCUT2D eigenvalue weighted by Crippen LogP contribution is 2.21. The summed E-state index contributed by atoms with van der Waals surface area (Å²) in [7, 11) is 0. The van der Waals surface area contributed by atoms with E-state index in [2.05, 4.69) is 10.3 Å². The minimum Gasteiger partial charge on any atom is -0.456 e. The highest BCUT2D eigenvalue weighted by atomic mass is 16.5. The molecule has 3 rings (SSSR count). The zero-order valence-electron chi connectivity index (χ0n) is 15.8. The average Bonchev–Trinajstić information content (AvgIpc) is 3.16. The lowest BCUT2D eigenvalue weighted by Crippen LogP contribution is -2.28. The second kappa shape index (κ2) is 8.99. The summed E-state index contributed by atoms with van der Waals surface area (Å²) in [6.07, 6.45) is 1.62. The average molecular weight is 378 g/mol. The number of hydrogen-bond donors (Lipinski definition) is 1. The molecule has 28 heavy (non-hydrogen) atoms. The fraction of sp³-hybridized carbons (Fsp3) is 0.227. The maximum Gasteiger partial charge on any atom is 0.308 e. The van der Waals surface area contributed by atoms with Gasteiger partial charge < -0.3 is 14.5 Å². The van der Waals surface area contributed by atoms with E-state index in [1.165, 1.54) is 6.92 Å². The van der Waals surface area contributed by atoms with Crippen LogP contribution < -0.4 is 5.32 Å². The first-order chi connectivity index (χ1) is 13.5. The first-order valence-corrected chi connectivity index (χ1v) is 9.00. The van der Waals surface area contributed by atoms with Gasteiger partial charge in [0.2, 0.25) is 11.8 Å². The molecule has 0 saturated heterocycles. The first kappa shape index (κ1) is 19.4. The molecule has 0 spiro atoms. The number of aromatic nitrogens is 1. The standard InChI is InChI=1S/C22H22N2O4/c1-15-8-10-17(11-9-15)19(24-16(2)25)12-22(26)27-14-21-23-13-20(28-21)18-6-4-3-5-7-18/h3-11,13,19H,12,14H2,1-2H3,(H,24,25). The number of carbonyl (C=O) groups is 2. The summed E-state index contributed by atoms with van der Waals surface area (Å²) in [4.78, 5) is 27.9. The minimum absolute atomic E-state index is 0.0227. The second-order valence-corrected chi connectivity index (χ2v) is 6.51. The molecule has 1 amide bonds. The topological polar surface area (TPSA) is 81.4 Å². The molecule has 0 radical (unpaired) electrons. The fourth-order valence-electron chi connectivity index (χ4n) is 2.78. The van der Waals surface area contributed by atoms with Crippen LogP contribution in [0.25, 0.3) is 11.3 Å². The van der Waals surface area contributed by atoms with Crippen LogP contribution in [0, 0.1) is 6.92 Å². The maximum atomic E-state index is 12.3. The van der Waals surface area contributed by atoms with E-state index in [0.29, 0.717) is 11.7 Å². The summed E-state index contributed by atoms with van der Waals surface area (Å²) in [6, 6.07) is 16.8. The number of nitrogens with zero attached hydrogens (tertiary/aromatic N) is 1. The Morgan fingerprint density at radius 1 is 1.11 bits per heavy atom. The molecule has 6 heteroatoms. The van der Waals surface area contributed by atoms with Gasteiger partial charge in [-0.25, -0.2) is 4.98 Å². The van der Waals surface area contributed by atoms with Gasteiger partial charge >= 0.3 is 5.97 Å². The molecule has 144 valence electrons. The third-order valence-corrected chi connectivity index (χ3v) is 4.20. The van der Waals surface area contributed by atoms with Gasteiger partial charge in [0.25, 0.3) is 0 Å². The molecule has 1 atom stereocenters. The summed E-state index contributed by atoms with van der Waals surface area (Å²) in [5, 5.41) is 2.79. The summed E-state index contributed by atoms with van der Waals surface area (Å²) >= 11 is 0. The Kier molecular flexibility index (Phi) is 6.22. The van der Waals surface area contributed by atoms with E-state index in [4.69, 9.17) is 9.15 Å². The SMILES string of the molecule is CC(=O)NC(CC(=O)OCc1ncc(-c2ccccc2)o1)c1ccc(C)cc1. The number of rotatable bonds is 7. The van der Waals surface area contributed by atoms with Crippen molar-refractivity contribution < 1.29 is 18.7 Å². The summed E-state index contributed by atoms with van der Waals surface area (Å²) in [5.74, 6) is 0.276. The largest absolute Gasteiger partial charge is 0.456 e. The van der Waals surface area contributed by atoms with Crippen LogP contribution in [0.15, 0.2) is 65.2 Å². The van der Waals surface area contributed by atoms with Crippen LogP contribution >= 0.6 is 0 Å². The van der Waals surface area contributed by atoms with Crippen molar-refractivity contribution in [2.24, 2.45) is 0 Å². The van der Waals surface area contributed by atoms with Crippen LogP contribution in [-0.2, 0) is 20.9 Å². The maximum absolute atomic E-state index is 12.3. The number of oxazole rings is 1. The normalized spacial score (nSPS) is 11.6. The highest BCUT2D eigenvalue weighted by Gasteiger charge is 2.19.